The molecule has 18 heavy (non-hydrogen) atoms. The van der Waals surface area contributed by atoms with Crippen LogP contribution in [-0.2, 0) is 6.54 Å². The van der Waals surface area contributed by atoms with Crippen molar-refractivity contribution in [2.24, 2.45) is 0 Å². The summed E-state index contributed by atoms with van der Waals surface area (Å²) in [5.74, 6) is -0.152. The lowest BCUT2D eigenvalue weighted by molar-refractivity contribution is 0.0138. The molecule has 2 aromatic rings. The van der Waals surface area contributed by atoms with Crippen molar-refractivity contribution < 1.29 is 9.90 Å². The van der Waals surface area contributed by atoms with E-state index in [0.29, 0.717) is 22.0 Å². The lowest BCUT2D eigenvalue weighted by atomic mass is 10.1. The van der Waals surface area contributed by atoms with Crippen molar-refractivity contribution in [2.45, 2.75) is 12.8 Å². The number of nitrogens with zero attached hydrogens (tertiary/aromatic N) is 1. The number of thiophene rings is 1. The Balaban J connectivity index is 1.93. The molecular weight excluding hydrogens is 270 g/mol. The van der Waals surface area contributed by atoms with Crippen molar-refractivity contribution in [2.75, 3.05) is 0 Å². The van der Waals surface area contributed by atoms with Gasteiger partial charge >= 0.3 is 0 Å². The van der Waals surface area contributed by atoms with Crippen molar-refractivity contribution in [1.82, 2.24) is 4.90 Å². The Morgan fingerprint density at radius 1 is 1.33 bits per heavy atom. The Labute approximate surface area is 113 Å². The number of halogens is 1. The van der Waals surface area contributed by atoms with Crippen molar-refractivity contribution in [3.8, 4) is 0 Å². The number of fused-ring (bicyclic) bond motifs is 1. The molecule has 92 valence electrons. The van der Waals surface area contributed by atoms with Gasteiger partial charge in [0.2, 0.25) is 0 Å². The fourth-order valence-electron chi connectivity index (χ4n) is 2.12. The average molecular weight is 280 g/mol. The van der Waals surface area contributed by atoms with Crippen LogP contribution in [0.25, 0.3) is 0 Å². The Hall–Kier alpha value is -1.36. The molecule has 0 aliphatic carbocycles. The smallest absolute Gasteiger partial charge is 0.256 e. The Kier molecular flexibility index (Phi) is 2.86. The van der Waals surface area contributed by atoms with E-state index in [1.165, 1.54) is 16.2 Å². The Morgan fingerprint density at radius 3 is 2.78 bits per heavy atom. The molecule has 5 heteroatoms. The van der Waals surface area contributed by atoms with Gasteiger partial charge in [-0.1, -0.05) is 29.8 Å². The van der Waals surface area contributed by atoms with Crippen molar-refractivity contribution >= 4 is 28.8 Å². The van der Waals surface area contributed by atoms with Crippen LogP contribution >= 0.6 is 22.9 Å². The summed E-state index contributed by atoms with van der Waals surface area (Å²) in [6.07, 6.45) is -0.885. The lowest BCUT2D eigenvalue weighted by Gasteiger charge is -2.20. The van der Waals surface area contributed by atoms with E-state index >= 15 is 0 Å². The topological polar surface area (TPSA) is 40.5 Å². The molecule has 0 fully saturated rings. The number of hydrogen-bond donors (Lipinski definition) is 1. The molecule has 1 atom stereocenters. The minimum atomic E-state index is -0.885. The third-order valence-corrected chi connectivity index (χ3v) is 4.31. The quantitative estimate of drug-likeness (QED) is 0.918. The van der Waals surface area contributed by atoms with E-state index in [1.807, 2.05) is 17.5 Å². The molecule has 3 nitrogen and oxygen atoms in total. The second-order valence-electron chi connectivity index (χ2n) is 4.11. The molecule has 0 bridgehead atoms. The number of carbonyl (C=O) groups is 1. The van der Waals surface area contributed by atoms with E-state index in [9.17, 15) is 9.90 Å². The normalized spacial score (nSPS) is 18.2. The maximum Gasteiger partial charge on any atom is 0.256 e. The summed E-state index contributed by atoms with van der Waals surface area (Å²) in [6.45, 7) is 0.330. The van der Waals surface area contributed by atoms with Gasteiger partial charge in [-0.25, -0.2) is 0 Å². The predicted octanol–water partition coefficient (Wildman–Crippen LogP) is 3.05. The fraction of sp³-hybridized carbons (Fsp3) is 0.154. The molecule has 1 aliphatic rings. The summed E-state index contributed by atoms with van der Waals surface area (Å²) < 4.78 is 0.658. The van der Waals surface area contributed by atoms with Crippen LogP contribution in [0.3, 0.4) is 0 Å². The first kappa shape index (κ1) is 11.7. The highest BCUT2D eigenvalue weighted by Gasteiger charge is 2.35. The van der Waals surface area contributed by atoms with Crippen LogP contribution in [0.2, 0.25) is 4.34 Å². The predicted molar refractivity (Wildman–Crippen MR) is 70.6 cm³/mol. The summed E-state index contributed by atoms with van der Waals surface area (Å²) in [5.41, 5.74) is 2.09. The van der Waals surface area contributed by atoms with E-state index in [2.05, 4.69) is 0 Å². The second-order valence-corrected chi connectivity index (χ2v) is 5.63. The molecule has 1 aromatic carbocycles. The molecule has 1 aliphatic heterocycles. The van der Waals surface area contributed by atoms with E-state index in [-0.39, 0.29) is 5.91 Å². The van der Waals surface area contributed by atoms with Gasteiger partial charge in [0.15, 0.2) is 6.23 Å². The number of aliphatic hydroxyl groups excluding tert-OH is 1. The van der Waals surface area contributed by atoms with Gasteiger partial charge in [-0.15, -0.1) is 11.3 Å². The van der Waals surface area contributed by atoms with Gasteiger partial charge in [0.05, 0.1) is 10.9 Å². The molecule has 0 radical (unpaired) electrons. The zero-order valence-electron chi connectivity index (χ0n) is 9.34. The molecule has 1 unspecified atom stereocenters. The van der Waals surface area contributed by atoms with Gasteiger partial charge in [0.1, 0.15) is 0 Å². The van der Waals surface area contributed by atoms with Gasteiger partial charge in [0.25, 0.3) is 5.91 Å². The van der Waals surface area contributed by atoms with Crippen LogP contribution in [0, 0.1) is 0 Å². The summed E-state index contributed by atoms with van der Waals surface area (Å²) in [7, 11) is 0. The zero-order valence-corrected chi connectivity index (χ0v) is 10.9. The SMILES string of the molecule is O=C1c2ccccc2C(O)N1Cc1ccsc1Cl. The standard InChI is InChI=1S/C13H10ClNO2S/c14-11-8(5-6-18-11)7-15-12(16)9-3-1-2-4-10(9)13(15)17/h1-6,12,16H,7H2. The van der Waals surface area contributed by atoms with Crippen molar-refractivity contribution in [3.05, 3.63) is 56.7 Å². The number of amides is 1. The molecular formula is C13H10ClNO2S. The largest absolute Gasteiger partial charge is 0.369 e. The van der Waals surface area contributed by atoms with E-state index in [1.54, 1.807) is 18.2 Å². The fourth-order valence-corrected chi connectivity index (χ4v) is 3.04. The molecule has 0 spiro atoms. The maximum atomic E-state index is 12.2. The first-order valence-corrected chi connectivity index (χ1v) is 6.74. The number of hydrogen-bond acceptors (Lipinski definition) is 3. The van der Waals surface area contributed by atoms with E-state index < -0.39 is 6.23 Å². The highest BCUT2D eigenvalue weighted by atomic mass is 35.5. The van der Waals surface area contributed by atoms with Crippen LogP contribution in [0.15, 0.2) is 35.7 Å². The Bertz CT molecular complexity index is 611. The summed E-state index contributed by atoms with van der Waals surface area (Å²) in [4.78, 5) is 13.6. The number of aliphatic hydroxyl groups is 1. The highest BCUT2D eigenvalue weighted by molar-refractivity contribution is 7.14. The first-order chi connectivity index (χ1) is 8.68. The highest BCUT2D eigenvalue weighted by Crippen LogP contribution is 2.34. The number of rotatable bonds is 2. The van der Waals surface area contributed by atoms with E-state index in [4.69, 9.17) is 11.6 Å². The minimum Gasteiger partial charge on any atom is -0.369 e. The molecule has 1 amide bonds. The zero-order chi connectivity index (χ0) is 12.7. The minimum absolute atomic E-state index is 0.152. The third-order valence-electron chi connectivity index (χ3n) is 3.06. The summed E-state index contributed by atoms with van der Waals surface area (Å²) in [6, 6.07) is 8.99. The third kappa shape index (κ3) is 1.73. The van der Waals surface area contributed by atoms with Crippen LogP contribution in [0.4, 0.5) is 0 Å². The summed E-state index contributed by atoms with van der Waals surface area (Å²) >= 11 is 7.44. The Morgan fingerprint density at radius 2 is 2.11 bits per heavy atom. The van der Waals surface area contributed by atoms with E-state index in [0.717, 1.165) is 5.56 Å². The van der Waals surface area contributed by atoms with Crippen molar-refractivity contribution in [3.63, 3.8) is 0 Å². The van der Waals surface area contributed by atoms with Gasteiger partial charge in [-0.05, 0) is 17.5 Å². The van der Waals surface area contributed by atoms with Crippen LogP contribution < -0.4 is 0 Å². The maximum absolute atomic E-state index is 12.2. The number of benzene rings is 1. The van der Waals surface area contributed by atoms with Gasteiger partial charge in [0, 0.05) is 16.7 Å². The summed E-state index contributed by atoms with van der Waals surface area (Å²) in [5, 5.41) is 12.0. The van der Waals surface area contributed by atoms with Crippen LogP contribution in [0.5, 0.6) is 0 Å². The number of carbonyl (C=O) groups excluding carboxylic acids is 1. The molecule has 1 aromatic heterocycles. The van der Waals surface area contributed by atoms with Gasteiger partial charge < -0.3 is 10.0 Å². The van der Waals surface area contributed by atoms with Crippen LogP contribution in [0.1, 0.15) is 27.7 Å². The molecule has 1 N–H and O–H groups in total. The van der Waals surface area contributed by atoms with Gasteiger partial charge in [-0.2, -0.15) is 0 Å². The molecule has 3 rings (SSSR count). The van der Waals surface area contributed by atoms with Crippen LogP contribution in [-0.4, -0.2) is 15.9 Å². The monoisotopic (exact) mass is 279 g/mol. The van der Waals surface area contributed by atoms with Gasteiger partial charge in [-0.3, -0.25) is 4.79 Å². The first-order valence-electron chi connectivity index (χ1n) is 5.48. The average Bonchev–Trinajstić information content (AvgIpc) is 2.89. The second kappa shape index (κ2) is 4.39. The lowest BCUT2D eigenvalue weighted by Crippen LogP contribution is -2.27. The van der Waals surface area contributed by atoms with Crippen molar-refractivity contribution in [1.29, 1.82) is 0 Å². The molecule has 0 saturated carbocycles. The molecule has 0 saturated heterocycles. The molecule has 2 heterocycles.